The van der Waals surface area contributed by atoms with E-state index in [0.717, 1.165) is 43.9 Å². The van der Waals surface area contributed by atoms with Gasteiger partial charge in [0, 0.05) is 18.8 Å². The quantitative estimate of drug-likeness (QED) is 0.341. The van der Waals surface area contributed by atoms with Crippen molar-refractivity contribution in [3.63, 3.8) is 0 Å². The van der Waals surface area contributed by atoms with Crippen molar-refractivity contribution in [2.75, 3.05) is 24.6 Å². The second-order valence-electron chi connectivity index (χ2n) is 5.33. The Morgan fingerprint density at radius 2 is 1.95 bits per heavy atom. The lowest BCUT2D eigenvalue weighted by Crippen LogP contribution is -2.52. The maximum atomic E-state index is 13.0. The Kier molecular flexibility index (Phi) is 7.19. The van der Waals surface area contributed by atoms with Crippen LogP contribution in [0.2, 0.25) is 0 Å². The summed E-state index contributed by atoms with van der Waals surface area (Å²) in [5.41, 5.74) is 5.09. The van der Waals surface area contributed by atoms with Crippen molar-refractivity contribution in [3.8, 4) is 0 Å². The van der Waals surface area contributed by atoms with E-state index in [1.54, 1.807) is 0 Å². The SMILES string of the molecule is CCCC(CCC)(C(=O)N1CCCSCC1)C(N)=NO. The third kappa shape index (κ3) is 3.81. The molecule has 0 aromatic carbocycles. The Hall–Kier alpha value is -0.910. The van der Waals surface area contributed by atoms with Crippen LogP contribution < -0.4 is 5.73 Å². The lowest BCUT2D eigenvalue weighted by Gasteiger charge is -2.35. The van der Waals surface area contributed by atoms with Gasteiger partial charge in [0.2, 0.25) is 5.91 Å². The maximum absolute atomic E-state index is 13.0. The molecule has 0 aromatic rings. The Morgan fingerprint density at radius 1 is 1.30 bits per heavy atom. The summed E-state index contributed by atoms with van der Waals surface area (Å²) < 4.78 is 0. The van der Waals surface area contributed by atoms with Gasteiger partial charge in [-0.1, -0.05) is 31.8 Å². The number of nitrogens with zero attached hydrogens (tertiary/aromatic N) is 2. The van der Waals surface area contributed by atoms with Crippen LogP contribution in [0.25, 0.3) is 0 Å². The van der Waals surface area contributed by atoms with Crippen LogP contribution in [-0.2, 0) is 4.79 Å². The summed E-state index contributed by atoms with van der Waals surface area (Å²) in [7, 11) is 0. The third-order valence-electron chi connectivity index (χ3n) is 3.87. The van der Waals surface area contributed by atoms with Gasteiger partial charge in [0.15, 0.2) is 5.84 Å². The molecule has 116 valence electrons. The lowest BCUT2D eigenvalue weighted by molar-refractivity contribution is -0.139. The highest BCUT2D eigenvalue weighted by Crippen LogP contribution is 2.33. The summed E-state index contributed by atoms with van der Waals surface area (Å²) in [4.78, 5) is 14.9. The molecule has 1 saturated heterocycles. The van der Waals surface area contributed by atoms with E-state index in [0.29, 0.717) is 12.8 Å². The zero-order valence-corrected chi connectivity index (χ0v) is 13.4. The van der Waals surface area contributed by atoms with Crippen molar-refractivity contribution in [2.45, 2.75) is 46.0 Å². The smallest absolute Gasteiger partial charge is 0.236 e. The van der Waals surface area contributed by atoms with Gasteiger partial charge >= 0.3 is 0 Å². The largest absolute Gasteiger partial charge is 0.409 e. The van der Waals surface area contributed by atoms with Crippen molar-refractivity contribution in [1.29, 1.82) is 0 Å². The highest BCUT2D eigenvalue weighted by molar-refractivity contribution is 7.99. The number of thioether (sulfide) groups is 1. The third-order valence-corrected chi connectivity index (χ3v) is 4.92. The van der Waals surface area contributed by atoms with Crippen molar-refractivity contribution in [2.24, 2.45) is 16.3 Å². The van der Waals surface area contributed by atoms with Gasteiger partial charge in [0.1, 0.15) is 5.41 Å². The van der Waals surface area contributed by atoms with Gasteiger partial charge in [0.25, 0.3) is 0 Å². The van der Waals surface area contributed by atoms with Gasteiger partial charge in [0.05, 0.1) is 0 Å². The van der Waals surface area contributed by atoms with Crippen LogP contribution in [0, 0.1) is 5.41 Å². The highest BCUT2D eigenvalue weighted by Gasteiger charge is 2.43. The number of carbonyl (C=O) groups is 1. The van der Waals surface area contributed by atoms with E-state index < -0.39 is 5.41 Å². The summed E-state index contributed by atoms with van der Waals surface area (Å²) in [5.74, 6) is 2.18. The second kappa shape index (κ2) is 8.39. The molecule has 0 aromatic heterocycles. The lowest BCUT2D eigenvalue weighted by atomic mass is 9.76. The van der Waals surface area contributed by atoms with E-state index in [1.807, 2.05) is 30.5 Å². The molecule has 0 bridgehead atoms. The van der Waals surface area contributed by atoms with Crippen LogP contribution >= 0.6 is 11.8 Å². The predicted octanol–water partition coefficient (Wildman–Crippen LogP) is 2.28. The molecule has 0 aliphatic carbocycles. The molecule has 20 heavy (non-hydrogen) atoms. The number of nitrogens with two attached hydrogens (primary N) is 1. The van der Waals surface area contributed by atoms with Crippen LogP contribution in [-0.4, -0.2) is 46.4 Å². The Balaban J connectivity index is 3.03. The number of amides is 1. The topological polar surface area (TPSA) is 78.9 Å². The Morgan fingerprint density at radius 3 is 2.50 bits per heavy atom. The first-order valence-electron chi connectivity index (χ1n) is 7.47. The van der Waals surface area contributed by atoms with Crippen LogP contribution in [0.15, 0.2) is 5.16 Å². The fraction of sp³-hybridized carbons (Fsp3) is 0.857. The number of hydrogen-bond donors (Lipinski definition) is 2. The molecule has 1 amide bonds. The normalized spacial score (nSPS) is 17.9. The van der Waals surface area contributed by atoms with E-state index in [-0.39, 0.29) is 11.7 Å². The van der Waals surface area contributed by atoms with Gasteiger partial charge < -0.3 is 15.8 Å². The fourth-order valence-corrected chi connectivity index (χ4v) is 3.79. The van der Waals surface area contributed by atoms with Crippen molar-refractivity contribution >= 4 is 23.5 Å². The molecular weight excluding hydrogens is 274 g/mol. The molecule has 0 radical (unpaired) electrons. The zero-order chi connectivity index (χ0) is 15.0. The van der Waals surface area contributed by atoms with Gasteiger partial charge in [-0.05, 0) is 25.0 Å². The second-order valence-corrected chi connectivity index (χ2v) is 6.55. The molecule has 0 spiro atoms. The number of carbonyl (C=O) groups excluding carboxylic acids is 1. The number of oxime groups is 1. The van der Waals surface area contributed by atoms with E-state index in [4.69, 9.17) is 10.9 Å². The molecule has 1 aliphatic rings. The number of amidine groups is 1. The summed E-state index contributed by atoms with van der Waals surface area (Å²) in [6.45, 7) is 5.60. The first-order chi connectivity index (χ1) is 9.62. The average molecular weight is 301 g/mol. The first-order valence-corrected chi connectivity index (χ1v) is 8.63. The van der Waals surface area contributed by atoms with Crippen molar-refractivity contribution in [3.05, 3.63) is 0 Å². The number of rotatable bonds is 6. The summed E-state index contributed by atoms with van der Waals surface area (Å²) in [6, 6.07) is 0. The van der Waals surface area contributed by atoms with E-state index in [9.17, 15) is 4.79 Å². The van der Waals surface area contributed by atoms with Crippen molar-refractivity contribution < 1.29 is 10.0 Å². The van der Waals surface area contributed by atoms with E-state index >= 15 is 0 Å². The summed E-state index contributed by atoms with van der Waals surface area (Å²) >= 11 is 1.88. The molecule has 0 unspecified atom stereocenters. The standard InChI is InChI=1S/C14H27N3O2S/c1-3-6-14(7-4-2,12(15)16-19)13(18)17-8-5-10-20-11-9-17/h19H,3-11H2,1-2H3,(H2,15,16). The average Bonchev–Trinajstić information content (AvgIpc) is 2.74. The molecule has 0 saturated carbocycles. The van der Waals surface area contributed by atoms with E-state index in [1.165, 1.54) is 0 Å². The van der Waals surface area contributed by atoms with Crippen LogP contribution in [0.5, 0.6) is 0 Å². The highest BCUT2D eigenvalue weighted by atomic mass is 32.2. The molecule has 5 nitrogen and oxygen atoms in total. The molecule has 1 rings (SSSR count). The molecule has 1 fully saturated rings. The maximum Gasteiger partial charge on any atom is 0.236 e. The van der Waals surface area contributed by atoms with Gasteiger partial charge in [-0.15, -0.1) is 0 Å². The van der Waals surface area contributed by atoms with Crippen molar-refractivity contribution in [1.82, 2.24) is 4.90 Å². The minimum atomic E-state index is -0.826. The Labute approximate surface area is 126 Å². The minimum absolute atomic E-state index is 0.0407. The first kappa shape index (κ1) is 17.1. The predicted molar refractivity (Wildman–Crippen MR) is 84.2 cm³/mol. The monoisotopic (exact) mass is 301 g/mol. The fourth-order valence-electron chi connectivity index (χ4n) is 2.91. The Bertz CT molecular complexity index is 333. The molecule has 1 heterocycles. The minimum Gasteiger partial charge on any atom is -0.409 e. The van der Waals surface area contributed by atoms with Crippen LogP contribution in [0.4, 0.5) is 0 Å². The summed E-state index contributed by atoms with van der Waals surface area (Å²) in [5, 5.41) is 12.3. The van der Waals surface area contributed by atoms with Gasteiger partial charge in [-0.25, -0.2) is 0 Å². The van der Waals surface area contributed by atoms with Crippen LogP contribution in [0.3, 0.4) is 0 Å². The molecule has 1 aliphatic heterocycles. The molecule has 0 atom stereocenters. The zero-order valence-electron chi connectivity index (χ0n) is 12.6. The molecular formula is C14H27N3O2S. The van der Waals surface area contributed by atoms with Gasteiger partial charge in [-0.2, -0.15) is 11.8 Å². The summed E-state index contributed by atoms with van der Waals surface area (Å²) in [6.07, 6.45) is 3.97. The van der Waals surface area contributed by atoms with Gasteiger partial charge in [-0.3, -0.25) is 4.79 Å². The molecule has 6 heteroatoms. The van der Waals surface area contributed by atoms with Crippen LogP contribution in [0.1, 0.15) is 46.0 Å². The van der Waals surface area contributed by atoms with E-state index in [2.05, 4.69) is 5.16 Å². The number of hydrogen-bond acceptors (Lipinski definition) is 4. The molecule has 3 N–H and O–H groups in total.